The maximum Gasteiger partial charge on any atom is 0.262 e. The summed E-state index contributed by atoms with van der Waals surface area (Å²) in [5.74, 6) is 0.825. The summed E-state index contributed by atoms with van der Waals surface area (Å²) in [4.78, 5) is 13.7. The van der Waals surface area contributed by atoms with Crippen molar-refractivity contribution >= 4 is 17.4 Å². The van der Waals surface area contributed by atoms with Crippen LogP contribution in [0, 0.1) is 5.82 Å². The van der Waals surface area contributed by atoms with Gasteiger partial charge in [-0.15, -0.1) is 0 Å². The fraction of sp³-hybridized carbons (Fsp3) is 0.176. The number of hydrogen-bond acceptors (Lipinski definition) is 4. The van der Waals surface area contributed by atoms with E-state index in [4.69, 9.17) is 4.74 Å². The van der Waals surface area contributed by atoms with Crippen molar-refractivity contribution in [1.29, 1.82) is 0 Å². The van der Waals surface area contributed by atoms with E-state index in [0.717, 1.165) is 11.3 Å². The third-order valence-electron chi connectivity index (χ3n) is 4.10. The Bertz CT molecular complexity index is 834. The van der Waals surface area contributed by atoms with Gasteiger partial charge in [0, 0.05) is 5.56 Å². The zero-order chi connectivity index (χ0) is 16.0. The summed E-state index contributed by atoms with van der Waals surface area (Å²) in [7, 11) is 0. The third-order valence-corrected chi connectivity index (χ3v) is 4.10. The van der Waals surface area contributed by atoms with Gasteiger partial charge in [-0.25, -0.2) is 9.82 Å². The lowest BCUT2D eigenvalue weighted by Gasteiger charge is -2.38. The van der Waals surface area contributed by atoms with Crippen LogP contribution in [0.2, 0.25) is 0 Å². The normalized spacial score (nSPS) is 19.2. The predicted octanol–water partition coefficient (Wildman–Crippen LogP) is 2.52. The Morgan fingerprint density at radius 1 is 1.30 bits per heavy atom. The highest BCUT2D eigenvalue weighted by Gasteiger charge is 2.35. The minimum absolute atomic E-state index is 0.167. The fourth-order valence-corrected chi connectivity index (χ4v) is 2.89. The van der Waals surface area contributed by atoms with Crippen molar-refractivity contribution in [2.45, 2.75) is 13.0 Å². The number of hydrogen-bond donors (Lipinski definition) is 1. The minimum atomic E-state index is -0.371. The van der Waals surface area contributed by atoms with Gasteiger partial charge in [-0.2, -0.15) is 5.10 Å². The summed E-state index contributed by atoms with van der Waals surface area (Å²) in [5, 5.41) is 4.03. The Morgan fingerprint density at radius 3 is 2.96 bits per heavy atom. The number of anilines is 1. The summed E-state index contributed by atoms with van der Waals surface area (Å²) in [6.07, 6.45) is 0. The molecule has 1 N–H and O–H groups in total. The number of nitrogens with one attached hydrogen (secondary N) is 1. The van der Waals surface area contributed by atoms with Crippen molar-refractivity contribution in [3.63, 3.8) is 0 Å². The topological polar surface area (TPSA) is 53.9 Å². The molecular formula is C17H14FN3O2. The molecule has 2 aromatic rings. The molecule has 2 heterocycles. The smallest absolute Gasteiger partial charge is 0.262 e. The number of carbonyl (C=O) groups excluding carboxylic acids is 1. The van der Waals surface area contributed by atoms with Crippen molar-refractivity contribution in [3.05, 3.63) is 48.3 Å². The number of halogens is 1. The van der Waals surface area contributed by atoms with E-state index in [1.165, 1.54) is 6.07 Å². The standard InChI is InChI=1S/C17H14FN3O2/c1-10-17(22)20-19-16-9-23-15-8-11(6-7-14(15)21(10)16)12-4-2-3-5-13(12)18/h2-8,10H,9H2,1H3,(H,20,22). The Kier molecular flexibility index (Phi) is 3.04. The summed E-state index contributed by atoms with van der Waals surface area (Å²) in [5.41, 5.74) is 4.49. The molecule has 116 valence electrons. The molecule has 0 saturated heterocycles. The van der Waals surface area contributed by atoms with Crippen molar-refractivity contribution in [3.8, 4) is 16.9 Å². The van der Waals surface area contributed by atoms with Crippen LogP contribution < -0.4 is 15.1 Å². The number of hydrazone groups is 1. The summed E-state index contributed by atoms with van der Waals surface area (Å²) in [6.45, 7) is 2.07. The number of rotatable bonds is 1. The van der Waals surface area contributed by atoms with E-state index >= 15 is 0 Å². The predicted molar refractivity (Wildman–Crippen MR) is 84.8 cm³/mol. The van der Waals surface area contributed by atoms with E-state index < -0.39 is 0 Å². The lowest BCUT2D eigenvalue weighted by atomic mass is 10.0. The first-order valence-electron chi connectivity index (χ1n) is 7.32. The van der Waals surface area contributed by atoms with Crippen LogP contribution in [0.25, 0.3) is 11.1 Å². The average molecular weight is 311 g/mol. The molecule has 0 bridgehead atoms. The van der Waals surface area contributed by atoms with Gasteiger partial charge in [0.25, 0.3) is 5.91 Å². The van der Waals surface area contributed by atoms with E-state index in [2.05, 4.69) is 10.5 Å². The molecule has 1 amide bonds. The Labute approximate surface area is 132 Å². The van der Waals surface area contributed by atoms with Gasteiger partial charge >= 0.3 is 0 Å². The van der Waals surface area contributed by atoms with Crippen LogP contribution in [0.3, 0.4) is 0 Å². The maximum atomic E-state index is 14.0. The molecule has 2 aliphatic rings. The molecule has 23 heavy (non-hydrogen) atoms. The van der Waals surface area contributed by atoms with Gasteiger partial charge in [-0.1, -0.05) is 24.3 Å². The van der Waals surface area contributed by atoms with Gasteiger partial charge in [-0.05, 0) is 30.7 Å². The van der Waals surface area contributed by atoms with E-state index in [0.29, 0.717) is 17.1 Å². The van der Waals surface area contributed by atoms with Crippen LogP contribution in [-0.2, 0) is 4.79 Å². The summed E-state index contributed by atoms with van der Waals surface area (Å²) in [6, 6.07) is 11.7. The fourth-order valence-electron chi connectivity index (χ4n) is 2.89. The second kappa shape index (κ2) is 5.08. The van der Waals surface area contributed by atoms with Crippen LogP contribution in [-0.4, -0.2) is 24.4 Å². The second-order valence-electron chi connectivity index (χ2n) is 5.50. The van der Waals surface area contributed by atoms with Crippen molar-refractivity contribution in [2.24, 2.45) is 5.10 Å². The number of benzene rings is 2. The lowest BCUT2D eigenvalue weighted by molar-refractivity contribution is -0.122. The molecular weight excluding hydrogens is 297 g/mol. The molecule has 1 unspecified atom stereocenters. The Hall–Kier alpha value is -2.89. The SMILES string of the molecule is CC1C(=O)NN=C2COc3cc(-c4ccccc4F)ccc3N21. The number of amidine groups is 1. The van der Waals surface area contributed by atoms with Gasteiger partial charge in [0.15, 0.2) is 5.84 Å². The third kappa shape index (κ3) is 2.14. The van der Waals surface area contributed by atoms with Gasteiger partial charge in [0.2, 0.25) is 0 Å². The first-order chi connectivity index (χ1) is 11.1. The number of ether oxygens (including phenoxy) is 1. The van der Waals surface area contributed by atoms with E-state index in [1.807, 2.05) is 24.0 Å². The highest BCUT2D eigenvalue weighted by molar-refractivity contribution is 6.09. The monoisotopic (exact) mass is 311 g/mol. The molecule has 5 nitrogen and oxygen atoms in total. The van der Waals surface area contributed by atoms with Gasteiger partial charge in [-0.3, -0.25) is 4.79 Å². The molecule has 1 atom stereocenters. The van der Waals surface area contributed by atoms with Crippen LogP contribution >= 0.6 is 0 Å². The van der Waals surface area contributed by atoms with Crippen LogP contribution in [0.15, 0.2) is 47.6 Å². The quantitative estimate of drug-likeness (QED) is 0.880. The van der Waals surface area contributed by atoms with Gasteiger partial charge in [0.1, 0.15) is 24.2 Å². The highest BCUT2D eigenvalue weighted by Crippen LogP contribution is 2.38. The second-order valence-corrected chi connectivity index (χ2v) is 5.50. The number of amides is 1. The highest BCUT2D eigenvalue weighted by atomic mass is 19.1. The lowest BCUT2D eigenvalue weighted by Crippen LogP contribution is -2.55. The molecule has 0 saturated carbocycles. The van der Waals surface area contributed by atoms with Crippen molar-refractivity contribution in [2.75, 3.05) is 11.5 Å². The zero-order valence-corrected chi connectivity index (χ0v) is 12.4. The molecule has 0 radical (unpaired) electrons. The van der Waals surface area contributed by atoms with Crippen LogP contribution in [0.1, 0.15) is 6.92 Å². The zero-order valence-electron chi connectivity index (χ0n) is 12.4. The molecule has 0 aliphatic carbocycles. The van der Waals surface area contributed by atoms with E-state index in [1.54, 1.807) is 24.3 Å². The molecule has 0 spiro atoms. The maximum absolute atomic E-state index is 14.0. The summed E-state index contributed by atoms with van der Waals surface area (Å²) < 4.78 is 19.7. The summed E-state index contributed by atoms with van der Waals surface area (Å²) >= 11 is 0. The largest absolute Gasteiger partial charge is 0.483 e. The molecule has 2 aliphatic heterocycles. The van der Waals surface area contributed by atoms with Crippen molar-refractivity contribution < 1.29 is 13.9 Å². The van der Waals surface area contributed by atoms with Gasteiger partial charge in [0.05, 0.1) is 5.69 Å². The molecule has 0 fully saturated rings. The average Bonchev–Trinajstić information content (AvgIpc) is 2.57. The minimum Gasteiger partial charge on any atom is -0.483 e. The Balaban J connectivity index is 1.80. The molecule has 4 rings (SSSR count). The molecule has 6 heteroatoms. The first kappa shape index (κ1) is 13.8. The number of fused-ring (bicyclic) bond motifs is 3. The van der Waals surface area contributed by atoms with Gasteiger partial charge < -0.3 is 9.64 Å². The van der Waals surface area contributed by atoms with Crippen molar-refractivity contribution in [1.82, 2.24) is 5.43 Å². The number of carbonyl (C=O) groups is 1. The van der Waals surface area contributed by atoms with Crippen LogP contribution in [0.4, 0.5) is 10.1 Å². The molecule has 0 aromatic heterocycles. The Morgan fingerprint density at radius 2 is 2.13 bits per heavy atom. The van der Waals surface area contributed by atoms with E-state index in [-0.39, 0.29) is 24.4 Å². The number of nitrogens with zero attached hydrogens (tertiary/aromatic N) is 2. The molecule has 2 aromatic carbocycles. The van der Waals surface area contributed by atoms with Crippen LogP contribution in [0.5, 0.6) is 5.75 Å². The first-order valence-corrected chi connectivity index (χ1v) is 7.32. The van der Waals surface area contributed by atoms with E-state index in [9.17, 15) is 9.18 Å².